The topological polar surface area (TPSA) is 86.2 Å². The molecule has 0 aliphatic carbocycles. The third-order valence-electron chi connectivity index (χ3n) is 0.572. The van der Waals surface area contributed by atoms with Crippen LogP contribution in [0.5, 0.6) is 0 Å². The fourth-order valence-electron chi connectivity index (χ4n) is 0.285. The zero-order chi connectivity index (χ0) is 7.98. The Labute approximate surface area is 83.7 Å². The summed E-state index contributed by atoms with van der Waals surface area (Å²) in [6, 6.07) is 0. The van der Waals surface area contributed by atoms with Gasteiger partial charge < -0.3 is 11.5 Å². The molecule has 0 aromatic carbocycles. The maximum absolute atomic E-state index is 10.1. The minimum atomic E-state index is -0.426. The third kappa shape index (κ3) is 13.2. The maximum Gasteiger partial charge on any atom is 0.276 e. The number of hydrogen-bond acceptors (Lipinski definition) is 4. The van der Waals surface area contributed by atoms with E-state index < -0.39 is 10.5 Å². The van der Waals surface area contributed by atoms with Crippen LogP contribution in [0.25, 0.3) is 0 Å². The number of rotatable bonds is 3. The Hall–Kier alpha value is 0.159. The smallest absolute Gasteiger partial charge is 0.276 e. The van der Waals surface area contributed by atoms with E-state index in [1.54, 1.807) is 0 Å². The Kier molecular flexibility index (Phi) is 10.3. The summed E-state index contributed by atoms with van der Waals surface area (Å²) >= 11 is 1.97. The van der Waals surface area contributed by atoms with Crippen LogP contribution in [0.2, 0.25) is 0 Å². The van der Waals surface area contributed by atoms with Crippen molar-refractivity contribution in [3.05, 3.63) is 0 Å². The normalized spacial score (nSPS) is 8.36. The molecule has 0 unspecified atom stereocenters. The van der Waals surface area contributed by atoms with E-state index >= 15 is 0 Å². The van der Waals surface area contributed by atoms with Gasteiger partial charge in [-0.05, 0) is 0 Å². The van der Waals surface area contributed by atoms with E-state index in [1.807, 2.05) is 0 Å². The molecule has 0 atom stereocenters. The zero-order valence-corrected chi connectivity index (χ0v) is 8.08. The van der Waals surface area contributed by atoms with Crippen molar-refractivity contribution in [3.8, 4) is 0 Å². The van der Waals surface area contributed by atoms with Crippen LogP contribution in [-0.4, -0.2) is 22.0 Å². The molecule has 0 saturated heterocycles. The number of thioether (sulfide) groups is 2. The van der Waals surface area contributed by atoms with E-state index in [1.165, 1.54) is 0 Å². The maximum atomic E-state index is 10.1. The number of hydrogen-bond donors (Lipinski definition) is 2. The number of nitrogens with two attached hydrogens (primary N) is 2. The molecule has 1 radical (unpaired) electrons. The van der Waals surface area contributed by atoms with Crippen molar-refractivity contribution in [1.29, 1.82) is 0 Å². The summed E-state index contributed by atoms with van der Waals surface area (Å²) in [5.74, 6) is 1.06. The molecule has 69 valence electrons. The first-order valence-electron chi connectivity index (χ1n) is 2.47. The molecule has 0 bridgehead atoms. The van der Waals surface area contributed by atoms with Crippen molar-refractivity contribution in [2.45, 2.75) is 0 Å². The molecule has 0 saturated carbocycles. The summed E-state index contributed by atoms with van der Waals surface area (Å²) in [5.41, 5.74) is 9.62. The van der Waals surface area contributed by atoms with Crippen LogP contribution < -0.4 is 11.5 Å². The van der Waals surface area contributed by atoms with Crippen molar-refractivity contribution in [1.82, 2.24) is 0 Å². The Morgan fingerprint density at radius 2 is 1.27 bits per heavy atom. The molecular weight excluding hydrogens is 236 g/mol. The van der Waals surface area contributed by atoms with Crippen LogP contribution in [0, 0.1) is 0 Å². The van der Waals surface area contributed by atoms with Gasteiger partial charge in [-0.3, -0.25) is 9.59 Å². The molecule has 2 amide bonds. The Balaban J connectivity index is 0. The predicted molar refractivity (Wildman–Crippen MR) is 44.1 cm³/mol. The Morgan fingerprint density at radius 3 is 1.45 bits per heavy atom. The van der Waals surface area contributed by atoms with Gasteiger partial charge in [0.05, 0.1) is 0 Å². The number of carbonyl (C=O) groups excluding carboxylic acids is 2. The number of primary amides is 2. The van der Waals surface area contributed by atoms with E-state index in [2.05, 4.69) is 0 Å². The van der Waals surface area contributed by atoms with Gasteiger partial charge in [0.2, 0.25) is 0 Å². The van der Waals surface area contributed by atoms with Gasteiger partial charge in [0, 0.05) is 28.6 Å². The number of carbonyl (C=O) groups is 2. The van der Waals surface area contributed by atoms with Crippen molar-refractivity contribution < 1.29 is 26.7 Å². The molecule has 11 heavy (non-hydrogen) atoms. The molecule has 0 aliphatic rings. The van der Waals surface area contributed by atoms with Crippen molar-refractivity contribution in [3.63, 3.8) is 0 Å². The average Bonchev–Trinajstić information content (AvgIpc) is 1.79. The fraction of sp³-hybridized carbons (Fsp3) is 0.500. The molecule has 0 aliphatic heterocycles. The Bertz CT molecular complexity index is 128. The molecule has 0 spiro atoms. The van der Waals surface area contributed by atoms with Gasteiger partial charge in [-0.2, -0.15) is 0 Å². The standard InChI is InChI=1S/C4H8N2O2S2.Cu/c5-3(7)9-1-2-10-4(6)8;/h1-2H2,(H2,5,7)(H2,6,8);. The molecule has 7 heteroatoms. The molecule has 4 N–H and O–H groups in total. The molecule has 0 fully saturated rings. The Morgan fingerprint density at radius 1 is 1.00 bits per heavy atom. The van der Waals surface area contributed by atoms with Crippen LogP contribution in [0.4, 0.5) is 9.59 Å². The van der Waals surface area contributed by atoms with Crippen LogP contribution in [0.15, 0.2) is 0 Å². The average molecular weight is 244 g/mol. The summed E-state index contributed by atoms with van der Waals surface area (Å²) in [5, 5.41) is -0.852. The molecule has 0 aromatic rings. The summed E-state index contributed by atoms with van der Waals surface area (Å²) in [7, 11) is 0. The molecule has 4 nitrogen and oxygen atoms in total. The minimum absolute atomic E-state index is 0. The van der Waals surface area contributed by atoms with E-state index in [9.17, 15) is 9.59 Å². The molecule has 0 heterocycles. The molecule has 0 rings (SSSR count). The van der Waals surface area contributed by atoms with Crippen LogP contribution in [0.1, 0.15) is 0 Å². The van der Waals surface area contributed by atoms with Gasteiger partial charge in [-0.1, -0.05) is 23.5 Å². The molecule has 0 aromatic heterocycles. The van der Waals surface area contributed by atoms with Gasteiger partial charge in [-0.15, -0.1) is 0 Å². The van der Waals surface area contributed by atoms with E-state index in [0.29, 0.717) is 11.5 Å². The van der Waals surface area contributed by atoms with Crippen LogP contribution in [-0.2, 0) is 17.1 Å². The second-order valence-corrected chi connectivity index (χ2v) is 3.53. The number of amides is 2. The van der Waals surface area contributed by atoms with E-state index in [4.69, 9.17) is 11.5 Å². The van der Waals surface area contributed by atoms with Crippen molar-refractivity contribution in [2.75, 3.05) is 11.5 Å². The van der Waals surface area contributed by atoms with Crippen molar-refractivity contribution >= 4 is 34.0 Å². The van der Waals surface area contributed by atoms with Crippen LogP contribution >= 0.6 is 23.5 Å². The van der Waals surface area contributed by atoms with Gasteiger partial charge in [-0.25, -0.2) is 0 Å². The van der Waals surface area contributed by atoms with Crippen LogP contribution in [0.3, 0.4) is 0 Å². The van der Waals surface area contributed by atoms with E-state index in [0.717, 1.165) is 23.5 Å². The van der Waals surface area contributed by atoms with Gasteiger partial charge in [0.15, 0.2) is 0 Å². The van der Waals surface area contributed by atoms with E-state index in [-0.39, 0.29) is 17.1 Å². The first kappa shape index (κ1) is 13.7. The van der Waals surface area contributed by atoms with Gasteiger partial charge in [0.1, 0.15) is 0 Å². The quantitative estimate of drug-likeness (QED) is 0.562. The van der Waals surface area contributed by atoms with Crippen molar-refractivity contribution in [2.24, 2.45) is 11.5 Å². The second kappa shape index (κ2) is 8.26. The second-order valence-electron chi connectivity index (χ2n) is 1.33. The first-order chi connectivity index (χ1) is 4.63. The summed E-state index contributed by atoms with van der Waals surface area (Å²) < 4.78 is 0. The van der Waals surface area contributed by atoms with Gasteiger partial charge in [0.25, 0.3) is 10.5 Å². The fourth-order valence-corrected chi connectivity index (χ4v) is 1.35. The molecular formula is C4H8CuN2O2S2. The third-order valence-corrected chi connectivity index (χ3v) is 2.22. The van der Waals surface area contributed by atoms with Gasteiger partial charge >= 0.3 is 0 Å². The minimum Gasteiger partial charge on any atom is -0.361 e. The monoisotopic (exact) mass is 243 g/mol. The summed E-state index contributed by atoms with van der Waals surface area (Å²) in [4.78, 5) is 20.2. The first-order valence-corrected chi connectivity index (χ1v) is 4.44. The SMILES string of the molecule is NC(=O)SCCSC(N)=O.[Cu]. The summed E-state index contributed by atoms with van der Waals surface area (Å²) in [6.45, 7) is 0. The zero-order valence-electron chi connectivity index (χ0n) is 5.50. The summed E-state index contributed by atoms with van der Waals surface area (Å²) in [6.07, 6.45) is 0. The largest absolute Gasteiger partial charge is 0.361 e. The predicted octanol–water partition coefficient (Wildman–Crippen LogP) is 0.608.